The molecule has 140 valence electrons. The number of hydrogen-bond acceptors (Lipinski definition) is 4. The average molecular weight is 459 g/mol. The Balaban J connectivity index is 1.77. The second-order valence-corrected chi connectivity index (χ2v) is 7.33. The smallest absolute Gasteiger partial charge is 0.349 e. The van der Waals surface area contributed by atoms with E-state index in [9.17, 15) is 9.90 Å². The first-order valence-electron chi connectivity index (χ1n) is 8.28. The number of halogens is 2. The number of carboxylic acids is 1. The number of aromatic nitrogens is 3. The minimum atomic E-state index is -1.20. The molecule has 0 aliphatic carbocycles. The van der Waals surface area contributed by atoms with Crippen molar-refractivity contribution in [2.45, 2.75) is 6.10 Å². The van der Waals surface area contributed by atoms with E-state index in [1.807, 2.05) is 24.3 Å². The maximum atomic E-state index is 11.8. The van der Waals surface area contributed by atoms with Gasteiger partial charge >= 0.3 is 5.97 Å². The van der Waals surface area contributed by atoms with Crippen molar-refractivity contribution in [2.75, 3.05) is 0 Å². The second-order valence-electron chi connectivity index (χ2n) is 5.98. The largest absolute Gasteiger partial charge is 0.478 e. The van der Waals surface area contributed by atoms with Gasteiger partial charge in [0.2, 0.25) is 6.10 Å². The summed E-state index contributed by atoms with van der Waals surface area (Å²) in [6.45, 7) is 0. The molecule has 0 spiro atoms. The van der Waals surface area contributed by atoms with Gasteiger partial charge in [0.1, 0.15) is 22.5 Å². The molecule has 0 amide bonds. The van der Waals surface area contributed by atoms with Crippen molar-refractivity contribution in [2.24, 2.45) is 0 Å². The summed E-state index contributed by atoms with van der Waals surface area (Å²) in [5, 5.41) is 19.0. The highest BCUT2D eigenvalue weighted by atomic mass is 79.9. The third-order valence-corrected chi connectivity index (χ3v) is 4.83. The lowest BCUT2D eigenvalue weighted by molar-refractivity contribution is -0.145. The van der Waals surface area contributed by atoms with Gasteiger partial charge in [0.25, 0.3) is 0 Å². The molecule has 0 saturated carbocycles. The lowest BCUT2D eigenvalue weighted by atomic mass is 10.1. The van der Waals surface area contributed by atoms with Gasteiger partial charge in [-0.15, -0.1) is 15.0 Å². The number of rotatable bonds is 5. The summed E-state index contributed by atoms with van der Waals surface area (Å²) in [6.07, 6.45) is -1.20. The van der Waals surface area contributed by atoms with Crippen LogP contribution < -0.4 is 4.74 Å². The highest BCUT2D eigenvalue weighted by Crippen LogP contribution is 2.31. The summed E-state index contributed by atoms with van der Waals surface area (Å²) in [5.74, 6) is -0.804. The fourth-order valence-electron chi connectivity index (χ4n) is 2.74. The van der Waals surface area contributed by atoms with Gasteiger partial charge in [0.05, 0.1) is 0 Å². The molecule has 0 saturated heterocycles. The SMILES string of the molecule is O=C(O)C(Oc1ccc(Cl)cc1-n1nc2ccccc2n1)c1ccc(Br)cc1. The van der Waals surface area contributed by atoms with Crippen LogP contribution in [0, 0.1) is 0 Å². The van der Waals surface area contributed by atoms with Crippen molar-refractivity contribution in [3.8, 4) is 11.4 Å². The molecule has 6 nitrogen and oxygen atoms in total. The molecule has 28 heavy (non-hydrogen) atoms. The number of benzene rings is 3. The van der Waals surface area contributed by atoms with Crippen molar-refractivity contribution in [3.05, 3.63) is 81.8 Å². The molecule has 1 aromatic heterocycles. The van der Waals surface area contributed by atoms with Crippen LogP contribution in [-0.4, -0.2) is 26.1 Å². The summed E-state index contributed by atoms with van der Waals surface area (Å²) in [4.78, 5) is 13.2. The average Bonchev–Trinajstić information content (AvgIpc) is 3.11. The molecule has 4 aromatic rings. The Labute approximate surface area is 173 Å². The Morgan fingerprint density at radius 1 is 1.04 bits per heavy atom. The number of hydrogen-bond donors (Lipinski definition) is 1. The Morgan fingerprint density at radius 3 is 2.29 bits per heavy atom. The summed E-state index contributed by atoms with van der Waals surface area (Å²) in [7, 11) is 0. The maximum Gasteiger partial charge on any atom is 0.349 e. The minimum Gasteiger partial charge on any atom is -0.478 e. The number of aliphatic carboxylic acids is 1. The van der Waals surface area contributed by atoms with E-state index in [0.29, 0.717) is 33.1 Å². The lowest BCUT2D eigenvalue weighted by Crippen LogP contribution is -2.19. The van der Waals surface area contributed by atoms with Crippen molar-refractivity contribution in [1.29, 1.82) is 0 Å². The molecule has 0 radical (unpaired) electrons. The molecule has 0 aliphatic rings. The Hall–Kier alpha value is -2.90. The molecule has 1 heterocycles. The molecular formula is C20H13BrClN3O3. The zero-order valence-corrected chi connectivity index (χ0v) is 16.6. The van der Waals surface area contributed by atoms with E-state index >= 15 is 0 Å². The maximum absolute atomic E-state index is 11.8. The van der Waals surface area contributed by atoms with Gasteiger partial charge in [0.15, 0.2) is 0 Å². The normalized spacial score (nSPS) is 12.1. The standard InChI is InChI=1S/C20H13BrClN3O3/c21-13-7-5-12(6-8-13)19(20(26)27)28-18-10-9-14(22)11-17(18)25-23-15-3-1-2-4-16(15)24-25/h1-11,19H,(H,26,27). The highest BCUT2D eigenvalue weighted by molar-refractivity contribution is 9.10. The van der Waals surface area contributed by atoms with Crippen LogP contribution in [0.1, 0.15) is 11.7 Å². The van der Waals surface area contributed by atoms with E-state index in [4.69, 9.17) is 16.3 Å². The van der Waals surface area contributed by atoms with Gasteiger partial charge in [0, 0.05) is 15.1 Å². The second kappa shape index (κ2) is 7.61. The Morgan fingerprint density at radius 2 is 1.68 bits per heavy atom. The van der Waals surface area contributed by atoms with Crippen molar-refractivity contribution >= 4 is 44.5 Å². The first-order chi connectivity index (χ1) is 13.5. The molecule has 1 N–H and O–H groups in total. The van der Waals surface area contributed by atoms with Gasteiger partial charge in [-0.25, -0.2) is 4.79 Å². The molecule has 1 atom stereocenters. The summed E-state index contributed by atoms with van der Waals surface area (Å²) in [6, 6.07) is 19.2. The van der Waals surface area contributed by atoms with Crippen LogP contribution in [0.15, 0.2) is 71.2 Å². The van der Waals surface area contributed by atoms with Crippen LogP contribution >= 0.6 is 27.5 Å². The lowest BCUT2D eigenvalue weighted by Gasteiger charge is -2.18. The van der Waals surface area contributed by atoms with Gasteiger partial charge in [-0.2, -0.15) is 0 Å². The molecular weight excluding hydrogens is 446 g/mol. The third-order valence-electron chi connectivity index (χ3n) is 4.06. The van der Waals surface area contributed by atoms with E-state index in [2.05, 4.69) is 26.1 Å². The van der Waals surface area contributed by atoms with Gasteiger partial charge < -0.3 is 9.84 Å². The topological polar surface area (TPSA) is 77.2 Å². The van der Waals surface area contributed by atoms with Gasteiger partial charge in [-0.3, -0.25) is 0 Å². The fraction of sp³-hybridized carbons (Fsp3) is 0.0500. The summed E-state index contributed by atoms with van der Waals surface area (Å²) < 4.78 is 6.71. The number of ether oxygens (including phenoxy) is 1. The fourth-order valence-corrected chi connectivity index (χ4v) is 3.17. The van der Waals surface area contributed by atoms with E-state index in [1.165, 1.54) is 4.80 Å². The minimum absolute atomic E-state index is 0.306. The number of carboxylic acid groups (broad SMARTS) is 1. The van der Waals surface area contributed by atoms with Crippen LogP contribution in [0.2, 0.25) is 5.02 Å². The van der Waals surface area contributed by atoms with Crippen molar-refractivity contribution in [3.63, 3.8) is 0 Å². The molecule has 0 aliphatic heterocycles. The molecule has 4 rings (SSSR count). The highest BCUT2D eigenvalue weighted by Gasteiger charge is 2.24. The zero-order valence-electron chi connectivity index (χ0n) is 14.3. The number of fused-ring (bicyclic) bond motifs is 1. The van der Waals surface area contributed by atoms with Crippen LogP contribution in [-0.2, 0) is 4.79 Å². The quantitative estimate of drug-likeness (QED) is 0.453. The molecule has 0 bridgehead atoms. The molecule has 8 heteroatoms. The van der Waals surface area contributed by atoms with Crippen molar-refractivity contribution in [1.82, 2.24) is 15.0 Å². The first-order valence-corrected chi connectivity index (χ1v) is 9.45. The van der Waals surface area contributed by atoms with E-state index in [1.54, 1.807) is 42.5 Å². The Bertz CT molecular complexity index is 1130. The number of carbonyl (C=O) groups is 1. The first kappa shape index (κ1) is 18.5. The van der Waals surface area contributed by atoms with Crippen LogP contribution in [0.3, 0.4) is 0 Å². The van der Waals surface area contributed by atoms with Crippen LogP contribution in [0.25, 0.3) is 16.7 Å². The Kier molecular flexibility index (Phi) is 5.02. The predicted molar refractivity (Wildman–Crippen MR) is 109 cm³/mol. The zero-order chi connectivity index (χ0) is 19.7. The monoisotopic (exact) mass is 457 g/mol. The number of nitrogens with zero attached hydrogens (tertiary/aromatic N) is 3. The van der Waals surface area contributed by atoms with Crippen LogP contribution in [0.5, 0.6) is 5.75 Å². The third kappa shape index (κ3) is 3.72. The molecule has 3 aromatic carbocycles. The molecule has 0 fully saturated rings. The van der Waals surface area contributed by atoms with E-state index in [0.717, 1.165) is 4.47 Å². The molecule has 1 unspecified atom stereocenters. The predicted octanol–water partition coefficient (Wildman–Crippen LogP) is 5.04. The van der Waals surface area contributed by atoms with Crippen molar-refractivity contribution < 1.29 is 14.6 Å². The summed E-state index contributed by atoms with van der Waals surface area (Å²) >= 11 is 9.50. The van der Waals surface area contributed by atoms with Gasteiger partial charge in [-0.1, -0.05) is 51.8 Å². The summed E-state index contributed by atoms with van der Waals surface area (Å²) in [5.41, 5.74) is 2.37. The van der Waals surface area contributed by atoms with E-state index in [-0.39, 0.29) is 0 Å². The van der Waals surface area contributed by atoms with Crippen LogP contribution in [0.4, 0.5) is 0 Å². The van der Waals surface area contributed by atoms with E-state index < -0.39 is 12.1 Å². The van der Waals surface area contributed by atoms with Gasteiger partial charge in [-0.05, 0) is 42.5 Å².